The normalized spacial score (nSPS) is 29.8. The first-order valence-corrected chi connectivity index (χ1v) is 13.3. The van der Waals surface area contributed by atoms with Crippen LogP contribution in [0.25, 0.3) is 11.2 Å². The summed E-state index contributed by atoms with van der Waals surface area (Å²) in [6.45, 7) is 0. The molecule has 0 saturated heterocycles. The van der Waals surface area contributed by atoms with Gasteiger partial charge in [-0.15, -0.1) is 0 Å². The fourth-order valence-corrected chi connectivity index (χ4v) is 6.37. The van der Waals surface area contributed by atoms with Gasteiger partial charge in [-0.2, -0.15) is 0 Å². The molecule has 3 aliphatic rings. The molecule has 0 spiro atoms. The Morgan fingerprint density at radius 1 is 1.12 bits per heavy atom. The van der Waals surface area contributed by atoms with Crippen LogP contribution in [0.1, 0.15) is 41.8 Å². The van der Waals surface area contributed by atoms with Gasteiger partial charge in [-0.25, -0.2) is 19.3 Å². The quantitative estimate of drug-likeness (QED) is 0.288. The van der Waals surface area contributed by atoms with Crippen LogP contribution in [-0.2, 0) is 4.79 Å². The number of aromatic nitrogens is 4. The van der Waals surface area contributed by atoms with Crippen molar-refractivity contribution >= 4 is 22.9 Å². The number of nitrogens with zero attached hydrogens (tertiary/aromatic N) is 4. The standard InChI is InChI=1S/C30H27FN6O3/c1-32-29(40)30-14-20(30)24(25(38)26(30)39)37-15-33-23-27(34-21-13-19(21)17-7-3-2-4-8-17)35-22(36-28(23)37)11-10-16-6-5-9-18(31)12-16/h2-9,12,15,19-21,24-26,38-39H,13-14H2,1H3,(H,32,40)(H,34,35,36)/t19?,20?,21?,24-,25?,26+,30-/m1/s1. The fourth-order valence-electron chi connectivity index (χ4n) is 6.37. The molecule has 7 rings (SSSR count). The van der Waals surface area contributed by atoms with Gasteiger partial charge in [-0.3, -0.25) is 4.79 Å². The summed E-state index contributed by atoms with van der Waals surface area (Å²) in [5, 5.41) is 28.0. The van der Waals surface area contributed by atoms with Gasteiger partial charge in [0.2, 0.25) is 11.7 Å². The molecule has 7 atom stereocenters. The zero-order valence-electron chi connectivity index (χ0n) is 21.6. The van der Waals surface area contributed by atoms with Crippen molar-refractivity contribution in [3.63, 3.8) is 0 Å². The Bertz CT molecular complexity index is 1700. The van der Waals surface area contributed by atoms with E-state index in [1.54, 1.807) is 23.0 Å². The number of carbonyl (C=O) groups is 1. The van der Waals surface area contributed by atoms with Crippen molar-refractivity contribution in [2.45, 2.75) is 43.1 Å². The van der Waals surface area contributed by atoms with Gasteiger partial charge in [-0.1, -0.05) is 42.3 Å². The van der Waals surface area contributed by atoms with Crippen LogP contribution in [-0.4, -0.2) is 60.9 Å². The molecule has 0 aliphatic heterocycles. The summed E-state index contributed by atoms with van der Waals surface area (Å²) < 4.78 is 15.4. The van der Waals surface area contributed by atoms with Crippen LogP contribution in [0.5, 0.6) is 0 Å². The highest BCUT2D eigenvalue weighted by atomic mass is 19.1. The molecule has 3 aliphatic carbocycles. The van der Waals surface area contributed by atoms with E-state index in [1.807, 2.05) is 18.2 Å². The lowest BCUT2D eigenvalue weighted by Gasteiger charge is -2.23. The third-order valence-electron chi connectivity index (χ3n) is 8.55. The number of nitrogens with one attached hydrogen (secondary N) is 2. The van der Waals surface area contributed by atoms with Crippen molar-refractivity contribution in [3.8, 4) is 11.8 Å². The zero-order valence-corrected chi connectivity index (χ0v) is 21.6. The maximum atomic E-state index is 13.7. The molecular weight excluding hydrogens is 511 g/mol. The minimum atomic E-state index is -1.20. The average molecular weight is 539 g/mol. The summed E-state index contributed by atoms with van der Waals surface area (Å²) >= 11 is 0. The van der Waals surface area contributed by atoms with Gasteiger partial charge in [0, 0.05) is 30.5 Å². The molecule has 0 bridgehead atoms. The molecular formula is C30H27FN6O3. The summed E-state index contributed by atoms with van der Waals surface area (Å²) in [5.41, 5.74) is 1.65. The highest BCUT2D eigenvalue weighted by Gasteiger charge is 2.75. The molecule has 9 nitrogen and oxygen atoms in total. The number of hydrogen-bond donors (Lipinski definition) is 4. The third-order valence-corrected chi connectivity index (χ3v) is 8.55. The largest absolute Gasteiger partial charge is 0.389 e. The number of benzene rings is 2. The van der Waals surface area contributed by atoms with Crippen molar-refractivity contribution in [2.75, 3.05) is 12.4 Å². The van der Waals surface area contributed by atoms with Crippen LogP contribution in [0.2, 0.25) is 0 Å². The predicted octanol–water partition coefficient (Wildman–Crippen LogP) is 2.36. The lowest BCUT2D eigenvalue weighted by atomic mass is 9.98. The summed E-state index contributed by atoms with van der Waals surface area (Å²) in [5.74, 6) is 5.99. The van der Waals surface area contributed by atoms with Gasteiger partial charge in [0.15, 0.2) is 17.0 Å². The Morgan fingerprint density at radius 3 is 2.73 bits per heavy atom. The molecule has 2 heterocycles. The average Bonchev–Trinajstić information content (AvgIpc) is 3.85. The molecule has 1 amide bonds. The van der Waals surface area contributed by atoms with Crippen LogP contribution >= 0.6 is 0 Å². The number of carbonyl (C=O) groups excluding carboxylic acids is 1. The first-order valence-electron chi connectivity index (χ1n) is 13.3. The second-order valence-corrected chi connectivity index (χ2v) is 10.8. The van der Waals surface area contributed by atoms with Crippen molar-refractivity contribution < 1.29 is 19.4 Å². The maximum absolute atomic E-state index is 13.7. The molecule has 2 aromatic heterocycles. The van der Waals surface area contributed by atoms with E-state index in [9.17, 15) is 19.4 Å². The van der Waals surface area contributed by atoms with E-state index >= 15 is 0 Å². The summed E-state index contributed by atoms with van der Waals surface area (Å²) in [6.07, 6.45) is 0.593. The van der Waals surface area contributed by atoms with Crippen LogP contribution in [0.3, 0.4) is 0 Å². The monoisotopic (exact) mass is 538 g/mol. The van der Waals surface area contributed by atoms with E-state index in [1.165, 1.54) is 24.7 Å². The molecule has 4 aromatic rings. The first kappa shape index (κ1) is 24.7. The van der Waals surface area contributed by atoms with E-state index in [0.717, 1.165) is 6.42 Å². The van der Waals surface area contributed by atoms with Crippen molar-refractivity contribution in [2.24, 2.45) is 11.3 Å². The van der Waals surface area contributed by atoms with Gasteiger partial charge in [0.1, 0.15) is 11.9 Å². The van der Waals surface area contributed by atoms with Gasteiger partial charge in [0.05, 0.1) is 23.9 Å². The van der Waals surface area contributed by atoms with Crippen molar-refractivity contribution in [1.29, 1.82) is 0 Å². The van der Waals surface area contributed by atoms with Crippen LogP contribution < -0.4 is 10.6 Å². The summed E-state index contributed by atoms with van der Waals surface area (Å²) in [7, 11) is 1.53. The number of anilines is 1. The smallest absolute Gasteiger partial charge is 0.229 e. The van der Waals surface area contributed by atoms with Crippen molar-refractivity contribution in [3.05, 3.63) is 83.7 Å². The molecule has 3 saturated carbocycles. The minimum absolute atomic E-state index is 0.151. The number of amides is 1. The van der Waals surface area contributed by atoms with E-state index in [-0.39, 0.29) is 29.5 Å². The highest BCUT2D eigenvalue weighted by Crippen LogP contribution is 2.67. The zero-order chi connectivity index (χ0) is 27.6. The van der Waals surface area contributed by atoms with Gasteiger partial charge in [0.25, 0.3) is 0 Å². The Kier molecular flexibility index (Phi) is 5.63. The number of rotatable bonds is 5. The molecule has 202 valence electrons. The number of imidazole rings is 1. The first-order chi connectivity index (χ1) is 19.4. The number of fused-ring (bicyclic) bond motifs is 2. The molecule has 4 N–H and O–H groups in total. The molecule has 0 radical (unpaired) electrons. The number of aliphatic hydroxyl groups excluding tert-OH is 2. The van der Waals surface area contributed by atoms with Gasteiger partial charge >= 0.3 is 0 Å². The molecule has 4 unspecified atom stereocenters. The van der Waals surface area contributed by atoms with Gasteiger partial charge in [-0.05, 0) is 42.5 Å². The van der Waals surface area contributed by atoms with Crippen molar-refractivity contribution in [1.82, 2.24) is 24.8 Å². The van der Waals surface area contributed by atoms with E-state index in [2.05, 4.69) is 49.6 Å². The van der Waals surface area contributed by atoms with Crippen LogP contribution in [0.15, 0.2) is 60.9 Å². The van der Waals surface area contributed by atoms with Gasteiger partial charge < -0.3 is 25.4 Å². The maximum Gasteiger partial charge on any atom is 0.229 e. The predicted molar refractivity (Wildman–Crippen MR) is 145 cm³/mol. The number of hydrogen-bond acceptors (Lipinski definition) is 7. The Morgan fingerprint density at radius 2 is 1.95 bits per heavy atom. The van der Waals surface area contributed by atoms with E-state index < -0.39 is 23.7 Å². The van der Waals surface area contributed by atoms with E-state index in [4.69, 9.17) is 0 Å². The summed E-state index contributed by atoms with van der Waals surface area (Å²) in [6, 6.07) is 15.8. The SMILES string of the molecule is CNC(=O)[C@]12CC1[C@@H](n1cnc3c(NC4CC4c4ccccc4)nc(C#Cc4cccc(F)c4)nc31)C(O)[C@@H]2O. The lowest BCUT2D eigenvalue weighted by Crippen LogP contribution is -2.41. The number of halogens is 1. The van der Waals surface area contributed by atoms with Crippen LogP contribution in [0, 0.1) is 29.0 Å². The lowest BCUT2D eigenvalue weighted by molar-refractivity contribution is -0.132. The molecule has 3 fully saturated rings. The van der Waals surface area contributed by atoms with Crippen LogP contribution in [0.4, 0.5) is 10.2 Å². The second kappa shape index (κ2) is 9.11. The Hall–Kier alpha value is -4.33. The molecule has 2 aromatic carbocycles. The third kappa shape index (κ3) is 3.85. The second-order valence-electron chi connectivity index (χ2n) is 10.8. The topological polar surface area (TPSA) is 125 Å². The minimum Gasteiger partial charge on any atom is -0.389 e. The Balaban J connectivity index is 1.28. The molecule has 10 heteroatoms. The molecule has 40 heavy (non-hydrogen) atoms. The number of aliphatic hydroxyl groups is 2. The highest BCUT2D eigenvalue weighted by molar-refractivity contribution is 5.88. The fraction of sp³-hybridized carbons (Fsp3) is 0.333. The summed E-state index contributed by atoms with van der Waals surface area (Å²) in [4.78, 5) is 26.6. The van der Waals surface area contributed by atoms with E-state index in [0.29, 0.717) is 34.9 Å². The Labute approximate surface area is 229 Å².